The van der Waals surface area contributed by atoms with Crippen molar-refractivity contribution in [2.75, 3.05) is 5.32 Å². The van der Waals surface area contributed by atoms with Gasteiger partial charge in [-0.1, -0.05) is 18.2 Å². The molecule has 0 aromatic heterocycles. The van der Waals surface area contributed by atoms with Gasteiger partial charge < -0.3 is 10.4 Å². The Balaban J connectivity index is 1.83. The number of anilines is 1. The Morgan fingerprint density at radius 2 is 1.90 bits per heavy atom. The van der Waals surface area contributed by atoms with E-state index in [1.807, 2.05) is 12.2 Å². The largest absolute Gasteiger partial charge is 0.481 e. The molecule has 1 amide bonds. The highest BCUT2D eigenvalue weighted by Crippen LogP contribution is 2.48. The van der Waals surface area contributed by atoms with Gasteiger partial charge in [-0.05, 0) is 42.9 Å². The Morgan fingerprint density at radius 3 is 2.57 bits per heavy atom. The first-order chi connectivity index (χ1) is 9.97. The number of nitrogens with one attached hydrogen (secondary N) is 1. The van der Waals surface area contributed by atoms with Gasteiger partial charge in [0.2, 0.25) is 5.91 Å². The topological polar surface area (TPSA) is 66.4 Å². The number of allylic oxidation sites excluding steroid dienone is 2. The summed E-state index contributed by atoms with van der Waals surface area (Å²) in [6.07, 6.45) is 4.47. The summed E-state index contributed by atoms with van der Waals surface area (Å²) in [5.41, 5.74) is 0.935. The molecule has 2 bridgehead atoms. The third-order valence-corrected chi connectivity index (χ3v) is 4.43. The first kappa shape index (κ1) is 13.8. The van der Waals surface area contributed by atoms with Crippen LogP contribution in [-0.2, 0) is 9.59 Å². The van der Waals surface area contributed by atoms with E-state index in [4.69, 9.17) is 0 Å². The molecule has 21 heavy (non-hydrogen) atoms. The summed E-state index contributed by atoms with van der Waals surface area (Å²) >= 11 is 0. The van der Waals surface area contributed by atoms with E-state index in [1.165, 1.54) is 6.07 Å². The van der Waals surface area contributed by atoms with Crippen LogP contribution in [0.2, 0.25) is 0 Å². The van der Waals surface area contributed by atoms with Gasteiger partial charge in [-0.15, -0.1) is 0 Å². The van der Waals surface area contributed by atoms with Gasteiger partial charge in [-0.2, -0.15) is 0 Å². The molecule has 0 saturated heterocycles. The fourth-order valence-corrected chi connectivity index (χ4v) is 3.47. The Hall–Kier alpha value is -2.17. The predicted octanol–water partition coefficient (Wildman–Crippen LogP) is 2.60. The van der Waals surface area contributed by atoms with Crippen LogP contribution in [0, 0.1) is 36.4 Å². The third kappa shape index (κ3) is 2.33. The lowest BCUT2D eigenvalue weighted by Crippen LogP contribution is -2.36. The van der Waals surface area contributed by atoms with Crippen LogP contribution in [0.15, 0.2) is 30.4 Å². The molecule has 2 N–H and O–H groups in total. The Labute approximate surface area is 121 Å². The molecule has 3 rings (SSSR count). The number of carboxylic acids is 1. The van der Waals surface area contributed by atoms with Crippen LogP contribution >= 0.6 is 0 Å². The Morgan fingerprint density at radius 1 is 1.24 bits per heavy atom. The number of fused-ring (bicyclic) bond motifs is 2. The van der Waals surface area contributed by atoms with E-state index >= 15 is 0 Å². The van der Waals surface area contributed by atoms with E-state index in [2.05, 4.69) is 5.32 Å². The maximum Gasteiger partial charge on any atom is 0.307 e. The molecule has 0 heterocycles. The van der Waals surface area contributed by atoms with E-state index < -0.39 is 29.5 Å². The summed E-state index contributed by atoms with van der Waals surface area (Å²) in [4.78, 5) is 23.8. The number of carboxylic acid groups (broad SMARTS) is 1. The number of benzene rings is 1. The number of carbonyl (C=O) groups excluding carboxylic acids is 1. The van der Waals surface area contributed by atoms with Gasteiger partial charge >= 0.3 is 5.97 Å². The van der Waals surface area contributed by atoms with Crippen molar-refractivity contribution >= 4 is 17.6 Å². The number of hydrogen-bond acceptors (Lipinski definition) is 2. The van der Waals surface area contributed by atoms with Crippen LogP contribution in [0.4, 0.5) is 10.1 Å². The van der Waals surface area contributed by atoms with Crippen molar-refractivity contribution in [1.82, 2.24) is 0 Å². The molecular weight excluding hydrogens is 273 g/mol. The second-order valence-electron chi connectivity index (χ2n) is 5.81. The fourth-order valence-electron chi connectivity index (χ4n) is 3.47. The van der Waals surface area contributed by atoms with Gasteiger partial charge in [0.15, 0.2) is 0 Å². The minimum atomic E-state index is -0.961. The first-order valence-electron chi connectivity index (χ1n) is 6.95. The van der Waals surface area contributed by atoms with E-state index in [0.717, 1.165) is 5.56 Å². The molecule has 0 radical (unpaired) electrons. The van der Waals surface area contributed by atoms with E-state index in [-0.39, 0.29) is 17.5 Å². The van der Waals surface area contributed by atoms with Crippen LogP contribution in [0.3, 0.4) is 0 Å². The number of carbonyl (C=O) groups is 2. The summed E-state index contributed by atoms with van der Waals surface area (Å²) in [5, 5.41) is 11.9. The van der Waals surface area contributed by atoms with Crippen molar-refractivity contribution in [3.05, 3.63) is 41.7 Å². The molecule has 0 aliphatic heterocycles. The Kier molecular flexibility index (Phi) is 3.27. The van der Waals surface area contributed by atoms with Crippen molar-refractivity contribution in [3.8, 4) is 0 Å². The van der Waals surface area contributed by atoms with Crippen LogP contribution in [-0.4, -0.2) is 17.0 Å². The second kappa shape index (κ2) is 4.98. The molecule has 1 aromatic carbocycles. The number of halogens is 1. The van der Waals surface area contributed by atoms with Crippen molar-refractivity contribution in [2.24, 2.45) is 23.7 Å². The zero-order valence-electron chi connectivity index (χ0n) is 11.5. The van der Waals surface area contributed by atoms with Gasteiger partial charge in [0.05, 0.1) is 17.5 Å². The summed E-state index contributed by atoms with van der Waals surface area (Å²) in [5.74, 6) is -3.39. The van der Waals surface area contributed by atoms with E-state index in [0.29, 0.717) is 6.42 Å². The highest BCUT2D eigenvalue weighted by atomic mass is 19.1. The number of aliphatic carboxylic acids is 1. The highest BCUT2D eigenvalue weighted by Gasteiger charge is 2.51. The highest BCUT2D eigenvalue weighted by molar-refractivity contribution is 5.96. The summed E-state index contributed by atoms with van der Waals surface area (Å²) < 4.78 is 13.7. The lowest BCUT2D eigenvalue weighted by Gasteiger charge is -2.24. The molecule has 2 aliphatic carbocycles. The molecule has 110 valence electrons. The number of hydrogen-bond donors (Lipinski definition) is 2. The van der Waals surface area contributed by atoms with E-state index in [9.17, 15) is 19.1 Å². The molecular formula is C16H16FNO3. The van der Waals surface area contributed by atoms with Gasteiger partial charge in [-0.25, -0.2) is 4.39 Å². The van der Waals surface area contributed by atoms with Crippen molar-refractivity contribution in [3.63, 3.8) is 0 Å². The summed E-state index contributed by atoms with van der Waals surface area (Å²) in [7, 11) is 0. The molecule has 2 aliphatic rings. The van der Waals surface area contributed by atoms with Gasteiger partial charge in [-0.3, -0.25) is 9.59 Å². The molecule has 1 fully saturated rings. The van der Waals surface area contributed by atoms with Crippen molar-refractivity contribution in [1.29, 1.82) is 0 Å². The molecule has 1 aromatic rings. The predicted molar refractivity (Wildman–Crippen MR) is 75.1 cm³/mol. The maximum atomic E-state index is 13.7. The molecule has 1 saturated carbocycles. The average Bonchev–Trinajstić information content (AvgIpc) is 3.03. The number of amides is 1. The van der Waals surface area contributed by atoms with Crippen LogP contribution < -0.4 is 5.32 Å². The Bertz CT molecular complexity index is 640. The monoisotopic (exact) mass is 289 g/mol. The van der Waals surface area contributed by atoms with Gasteiger partial charge in [0, 0.05) is 0 Å². The van der Waals surface area contributed by atoms with Crippen molar-refractivity contribution < 1.29 is 19.1 Å². The first-order valence-corrected chi connectivity index (χ1v) is 6.95. The third-order valence-electron chi connectivity index (χ3n) is 4.43. The van der Waals surface area contributed by atoms with E-state index in [1.54, 1.807) is 19.1 Å². The molecule has 0 unspecified atom stereocenters. The molecule has 4 atom stereocenters. The smallest absolute Gasteiger partial charge is 0.307 e. The molecule has 0 spiro atoms. The second-order valence-corrected chi connectivity index (χ2v) is 5.81. The molecule has 5 heteroatoms. The fraction of sp³-hybridized carbons (Fsp3) is 0.375. The molecule has 4 nitrogen and oxygen atoms in total. The summed E-state index contributed by atoms with van der Waals surface area (Å²) in [6.45, 7) is 1.80. The van der Waals surface area contributed by atoms with Gasteiger partial charge in [0.25, 0.3) is 0 Å². The standard InChI is InChI=1S/C16H16FNO3/c1-8-2-5-11(17)12(6-8)18-15(19)13-9-3-4-10(7-9)14(13)16(20)21/h2-6,9-10,13-14H,7H2,1H3,(H,18,19)(H,20,21)/t9-,10-,13+,14-/m0/s1. The van der Waals surface area contributed by atoms with Crippen LogP contribution in [0.1, 0.15) is 12.0 Å². The van der Waals surface area contributed by atoms with Crippen LogP contribution in [0.25, 0.3) is 0 Å². The number of aryl methyl sites for hydroxylation is 1. The maximum absolute atomic E-state index is 13.7. The SMILES string of the molecule is Cc1ccc(F)c(NC(=O)[C@H]2[C@@H](C(=O)O)[C@H]3C=C[C@H]2C3)c1. The lowest BCUT2D eigenvalue weighted by atomic mass is 9.82. The minimum absolute atomic E-state index is 0.0658. The quantitative estimate of drug-likeness (QED) is 0.841. The van der Waals surface area contributed by atoms with Gasteiger partial charge in [0.1, 0.15) is 5.82 Å². The zero-order valence-corrected chi connectivity index (χ0v) is 11.5. The lowest BCUT2D eigenvalue weighted by molar-refractivity contribution is -0.146. The normalized spacial score (nSPS) is 29.6. The van der Waals surface area contributed by atoms with Crippen LogP contribution in [0.5, 0.6) is 0 Å². The zero-order chi connectivity index (χ0) is 15.1. The minimum Gasteiger partial charge on any atom is -0.481 e. The van der Waals surface area contributed by atoms with Crippen molar-refractivity contribution in [2.45, 2.75) is 13.3 Å². The average molecular weight is 289 g/mol. The number of rotatable bonds is 3. The summed E-state index contributed by atoms with van der Waals surface area (Å²) in [6, 6.07) is 4.46.